The Bertz CT molecular complexity index is 915. The zero-order valence-corrected chi connectivity index (χ0v) is 30.4. The van der Waals surface area contributed by atoms with E-state index in [4.69, 9.17) is 23.5 Å². The van der Waals surface area contributed by atoms with Gasteiger partial charge in [-0.2, -0.15) is 8.42 Å². The standard InChI is InChI=1S/C35H66O12S/c1-3-5-7-9-11-13-14-15-16-18-20-22-24-31(37)45-29(27-43-25-23-21-19-17-12-10-8-6-4-2)28-44-35-33(39)34(47-48(40,41)42)32(38)30(26-36)46-35/h11,13,29-30,32-36,38-39H,3-10,12,14-28H2,1-2H3,(H,40,41,42)/b13-11-. The summed E-state index contributed by atoms with van der Waals surface area (Å²) in [7, 11) is -5.05. The van der Waals surface area contributed by atoms with Crippen molar-refractivity contribution in [2.75, 3.05) is 26.4 Å². The Balaban J connectivity index is 2.54. The van der Waals surface area contributed by atoms with Gasteiger partial charge in [-0.05, 0) is 38.5 Å². The van der Waals surface area contributed by atoms with Gasteiger partial charge in [-0.3, -0.25) is 9.35 Å². The third-order valence-electron chi connectivity index (χ3n) is 8.39. The third kappa shape index (κ3) is 22.5. The molecule has 12 nitrogen and oxygen atoms in total. The molecule has 13 heteroatoms. The van der Waals surface area contributed by atoms with Gasteiger partial charge in [-0.15, -0.1) is 0 Å². The van der Waals surface area contributed by atoms with E-state index in [0.29, 0.717) is 13.0 Å². The minimum Gasteiger partial charge on any atom is -0.457 e. The molecule has 6 atom stereocenters. The molecule has 0 aromatic carbocycles. The molecule has 284 valence electrons. The number of carbonyl (C=O) groups is 1. The summed E-state index contributed by atoms with van der Waals surface area (Å²) in [5, 5.41) is 30.4. The molecule has 0 radical (unpaired) electrons. The first-order valence-corrected chi connectivity index (χ1v) is 19.8. The first-order valence-electron chi connectivity index (χ1n) is 18.4. The number of rotatable bonds is 31. The second kappa shape index (κ2) is 28.5. The zero-order chi connectivity index (χ0) is 35.5. The molecule has 0 spiro atoms. The number of aliphatic hydroxyl groups is 3. The third-order valence-corrected chi connectivity index (χ3v) is 8.85. The Morgan fingerprint density at radius 1 is 0.771 bits per heavy atom. The summed E-state index contributed by atoms with van der Waals surface area (Å²) in [5.74, 6) is -0.411. The van der Waals surface area contributed by atoms with Crippen molar-refractivity contribution in [2.24, 2.45) is 0 Å². The maximum Gasteiger partial charge on any atom is 0.397 e. The molecular formula is C35H66O12S. The van der Waals surface area contributed by atoms with Gasteiger partial charge in [0.2, 0.25) is 0 Å². The lowest BCUT2D eigenvalue weighted by Gasteiger charge is -2.41. The summed E-state index contributed by atoms with van der Waals surface area (Å²) in [6.07, 6.45) is 16.9. The summed E-state index contributed by atoms with van der Waals surface area (Å²) in [6.45, 7) is 3.91. The van der Waals surface area contributed by atoms with Crippen molar-refractivity contribution < 1.29 is 56.2 Å². The molecule has 6 unspecified atom stereocenters. The average molecular weight is 711 g/mol. The van der Waals surface area contributed by atoms with E-state index in [-0.39, 0.29) is 19.6 Å². The number of unbranched alkanes of at least 4 members (excludes halogenated alkanes) is 16. The number of allylic oxidation sites excluding steroid dienone is 2. The van der Waals surface area contributed by atoms with Gasteiger partial charge in [-0.25, -0.2) is 4.18 Å². The van der Waals surface area contributed by atoms with Crippen molar-refractivity contribution in [3.8, 4) is 0 Å². The summed E-state index contributed by atoms with van der Waals surface area (Å²) in [5.41, 5.74) is 0. The van der Waals surface area contributed by atoms with Gasteiger partial charge in [0.1, 0.15) is 30.5 Å². The lowest BCUT2D eigenvalue weighted by molar-refractivity contribution is -0.301. The van der Waals surface area contributed by atoms with Crippen LogP contribution in [-0.2, 0) is 38.3 Å². The molecule has 0 aliphatic carbocycles. The molecule has 0 bridgehead atoms. The molecule has 0 aromatic rings. The van der Waals surface area contributed by atoms with Crippen molar-refractivity contribution in [1.82, 2.24) is 0 Å². The molecule has 0 aromatic heterocycles. The number of hydrogen-bond acceptors (Lipinski definition) is 11. The highest BCUT2D eigenvalue weighted by molar-refractivity contribution is 7.80. The van der Waals surface area contributed by atoms with E-state index in [9.17, 15) is 28.5 Å². The van der Waals surface area contributed by atoms with E-state index < -0.39 is 59.8 Å². The molecule has 1 rings (SSSR count). The number of ether oxygens (including phenoxy) is 4. The van der Waals surface area contributed by atoms with Gasteiger partial charge in [-0.1, -0.05) is 109 Å². The van der Waals surface area contributed by atoms with Crippen molar-refractivity contribution in [3.63, 3.8) is 0 Å². The van der Waals surface area contributed by atoms with E-state index >= 15 is 0 Å². The Morgan fingerprint density at radius 3 is 1.92 bits per heavy atom. The Labute approximate surface area is 289 Å². The van der Waals surface area contributed by atoms with Crippen LogP contribution < -0.4 is 0 Å². The van der Waals surface area contributed by atoms with Crippen LogP contribution in [0.3, 0.4) is 0 Å². The van der Waals surface area contributed by atoms with E-state index in [0.717, 1.165) is 57.8 Å². The Kier molecular flexibility index (Phi) is 26.7. The molecule has 1 heterocycles. The maximum atomic E-state index is 12.7. The van der Waals surface area contributed by atoms with Gasteiger partial charge in [0.25, 0.3) is 0 Å². The van der Waals surface area contributed by atoms with Crippen molar-refractivity contribution in [1.29, 1.82) is 0 Å². The zero-order valence-electron chi connectivity index (χ0n) is 29.6. The van der Waals surface area contributed by atoms with Crippen LogP contribution in [-0.4, -0.2) is 97.5 Å². The van der Waals surface area contributed by atoms with Crippen molar-refractivity contribution in [2.45, 2.75) is 179 Å². The van der Waals surface area contributed by atoms with Gasteiger partial charge in [0.05, 0.1) is 19.8 Å². The lowest BCUT2D eigenvalue weighted by Crippen LogP contribution is -2.60. The van der Waals surface area contributed by atoms with Gasteiger partial charge < -0.3 is 34.3 Å². The van der Waals surface area contributed by atoms with Crippen LogP contribution in [0.2, 0.25) is 0 Å². The lowest BCUT2D eigenvalue weighted by atomic mass is 9.99. The predicted molar refractivity (Wildman–Crippen MR) is 184 cm³/mol. The minimum absolute atomic E-state index is 0.0362. The second-order valence-electron chi connectivity index (χ2n) is 12.8. The monoisotopic (exact) mass is 710 g/mol. The fourth-order valence-corrected chi connectivity index (χ4v) is 6.06. The minimum atomic E-state index is -5.05. The molecular weight excluding hydrogens is 644 g/mol. The highest BCUT2D eigenvalue weighted by Gasteiger charge is 2.48. The van der Waals surface area contributed by atoms with Crippen LogP contribution in [0, 0.1) is 0 Å². The second-order valence-corrected chi connectivity index (χ2v) is 13.9. The highest BCUT2D eigenvalue weighted by atomic mass is 32.3. The molecule has 1 aliphatic rings. The first-order chi connectivity index (χ1) is 23.1. The fraction of sp³-hybridized carbons (Fsp3) is 0.914. The van der Waals surface area contributed by atoms with Crippen LogP contribution in [0.1, 0.15) is 142 Å². The van der Waals surface area contributed by atoms with Crippen LogP contribution >= 0.6 is 0 Å². The first kappa shape index (κ1) is 44.9. The van der Waals surface area contributed by atoms with E-state index in [1.165, 1.54) is 57.8 Å². The van der Waals surface area contributed by atoms with Crippen molar-refractivity contribution in [3.05, 3.63) is 12.2 Å². The van der Waals surface area contributed by atoms with Crippen LogP contribution in [0.4, 0.5) is 0 Å². The Morgan fingerprint density at radius 2 is 1.31 bits per heavy atom. The van der Waals surface area contributed by atoms with Crippen LogP contribution in [0.15, 0.2) is 12.2 Å². The predicted octanol–water partition coefficient (Wildman–Crippen LogP) is 5.96. The topological polar surface area (TPSA) is 178 Å². The van der Waals surface area contributed by atoms with Gasteiger partial charge >= 0.3 is 16.4 Å². The van der Waals surface area contributed by atoms with E-state index in [1.54, 1.807) is 0 Å². The molecule has 48 heavy (non-hydrogen) atoms. The normalized spacial score (nSPS) is 22.3. The largest absolute Gasteiger partial charge is 0.457 e. The smallest absolute Gasteiger partial charge is 0.397 e. The summed E-state index contributed by atoms with van der Waals surface area (Å²) in [4.78, 5) is 12.7. The highest BCUT2D eigenvalue weighted by Crippen LogP contribution is 2.26. The van der Waals surface area contributed by atoms with Crippen molar-refractivity contribution >= 4 is 16.4 Å². The maximum absolute atomic E-state index is 12.7. The fourth-order valence-electron chi connectivity index (χ4n) is 5.55. The molecule has 1 fully saturated rings. The molecule has 4 N–H and O–H groups in total. The average Bonchev–Trinajstić information content (AvgIpc) is 3.05. The SMILES string of the molecule is CCCCC/C=C\CCCCCCCC(=O)OC(COCCCCCCCCCCC)COC1OC(CO)C(O)C(OS(=O)(=O)O)C1O. The van der Waals surface area contributed by atoms with Crippen LogP contribution in [0.25, 0.3) is 0 Å². The number of carbonyl (C=O) groups excluding carboxylic acids is 1. The Hall–Kier alpha value is -1.16. The van der Waals surface area contributed by atoms with Gasteiger partial charge in [0.15, 0.2) is 6.29 Å². The molecule has 0 saturated carbocycles. The van der Waals surface area contributed by atoms with E-state index in [2.05, 4.69) is 30.2 Å². The molecule has 1 aliphatic heterocycles. The number of hydrogen-bond donors (Lipinski definition) is 4. The summed E-state index contributed by atoms with van der Waals surface area (Å²) in [6, 6.07) is 0. The molecule has 0 amide bonds. The van der Waals surface area contributed by atoms with E-state index in [1.807, 2.05) is 0 Å². The number of aliphatic hydroxyl groups excluding tert-OH is 3. The van der Waals surface area contributed by atoms with Crippen LogP contribution in [0.5, 0.6) is 0 Å². The quantitative estimate of drug-likeness (QED) is 0.0288. The molecule has 1 saturated heterocycles. The number of esters is 1. The summed E-state index contributed by atoms with van der Waals surface area (Å²) < 4.78 is 58.6. The summed E-state index contributed by atoms with van der Waals surface area (Å²) >= 11 is 0. The van der Waals surface area contributed by atoms with Gasteiger partial charge in [0, 0.05) is 13.0 Å².